The number of hydrogen-bond acceptors (Lipinski definition) is 5. The largest absolute Gasteiger partial charge is 0.338 e. The molecule has 0 aliphatic heterocycles. The minimum atomic E-state index is -0.236. The van der Waals surface area contributed by atoms with Crippen LogP contribution >= 0.6 is 0 Å². The van der Waals surface area contributed by atoms with Crippen LogP contribution in [0.3, 0.4) is 0 Å². The zero-order chi connectivity index (χ0) is 20.4. The van der Waals surface area contributed by atoms with Crippen molar-refractivity contribution in [2.75, 3.05) is 7.05 Å². The first-order chi connectivity index (χ1) is 14.0. The maximum atomic E-state index is 12.5. The predicted molar refractivity (Wildman–Crippen MR) is 109 cm³/mol. The lowest BCUT2D eigenvalue weighted by Gasteiger charge is -2.17. The molecule has 0 radical (unpaired) electrons. The van der Waals surface area contributed by atoms with Gasteiger partial charge in [-0.1, -0.05) is 24.3 Å². The summed E-state index contributed by atoms with van der Waals surface area (Å²) in [6, 6.07) is 14.1. The summed E-state index contributed by atoms with van der Waals surface area (Å²) in [4.78, 5) is 50.1. The normalized spacial score (nSPS) is 11.1. The van der Waals surface area contributed by atoms with Crippen molar-refractivity contribution >= 4 is 27.7 Å². The second-order valence-corrected chi connectivity index (χ2v) is 6.79. The zero-order valence-corrected chi connectivity index (χ0v) is 15.8. The molecule has 2 heterocycles. The third kappa shape index (κ3) is 3.77. The first-order valence-electron chi connectivity index (χ1n) is 9.19. The molecule has 1 amide bonds. The molecule has 8 heteroatoms. The van der Waals surface area contributed by atoms with E-state index in [1.165, 1.54) is 15.8 Å². The number of nitrogens with zero attached hydrogens (tertiary/aromatic N) is 4. The topological polar surface area (TPSA) is 101 Å². The molecule has 2 aromatic carbocycles. The van der Waals surface area contributed by atoms with E-state index in [9.17, 15) is 14.4 Å². The first-order valence-corrected chi connectivity index (χ1v) is 9.19. The molecule has 4 rings (SSSR count). The fraction of sp³-hybridized carbons (Fsp3) is 0.190. The van der Waals surface area contributed by atoms with E-state index in [0.717, 1.165) is 0 Å². The van der Waals surface area contributed by atoms with E-state index in [1.54, 1.807) is 43.4 Å². The summed E-state index contributed by atoms with van der Waals surface area (Å²) in [6.07, 6.45) is 1.59. The molecule has 0 atom stereocenters. The van der Waals surface area contributed by atoms with Crippen molar-refractivity contribution in [1.29, 1.82) is 0 Å². The average molecular weight is 389 g/mol. The maximum absolute atomic E-state index is 12.5. The van der Waals surface area contributed by atoms with Crippen LogP contribution in [0.25, 0.3) is 21.8 Å². The number of hydrogen-bond donors (Lipinski definition) is 1. The van der Waals surface area contributed by atoms with E-state index < -0.39 is 0 Å². The number of amides is 1. The number of aromatic nitrogens is 4. The Morgan fingerprint density at radius 2 is 1.72 bits per heavy atom. The van der Waals surface area contributed by atoms with Gasteiger partial charge in [0, 0.05) is 20.0 Å². The molecular formula is C21H19N5O3. The first kappa shape index (κ1) is 18.5. The lowest BCUT2D eigenvalue weighted by molar-refractivity contribution is -0.130. The van der Waals surface area contributed by atoms with Gasteiger partial charge in [0.1, 0.15) is 5.82 Å². The Kier molecular flexibility index (Phi) is 4.90. The molecule has 0 bridgehead atoms. The van der Waals surface area contributed by atoms with E-state index in [-0.39, 0.29) is 36.5 Å². The predicted octanol–water partition coefficient (Wildman–Crippen LogP) is 1.68. The van der Waals surface area contributed by atoms with Crippen LogP contribution in [0.4, 0.5) is 0 Å². The summed E-state index contributed by atoms with van der Waals surface area (Å²) < 4.78 is 1.43. The van der Waals surface area contributed by atoms with Crippen LogP contribution in [0, 0.1) is 0 Å². The standard InChI is InChI=1S/C21H19N5O3/c1-25(12-18-23-17-9-5-2-6-14(17)20(28)24-18)19(27)10-11-26-13-22-16-8-4-3-7-15(16)21(26)29/h2-9,13H,10-12H2,1H3,(H,23,24,28). The van der Waals surface area contributed by atoms with Crippen LogP contribution in [-0.2, 0) is 17.9 Å². The van der Waals surface area contributed by atoms with Gasteiger partial charge in [0.25, 0.3) is 11.1 Å². The van der Waals surface area contributed by atoms with Crippen molar-refractivity contribution in [3.8, 4) is 0 Å². The van der Waals surface area contributed by atoms with Crippen LogP contribution < -0.4 is 11.1 Å². The quantitative estimate of drug-likeness (QED) is 0.560. The van der Waals surface area contributed by atoms with Crippen molar-refractivity contribution in [1.82, 2.24) is 24.4 Å². The van der Waals surface area contributed by atoms with Gasteiger partial charge in [-0.05, 0) is 24.3 Å². The van der Waals surface area contributed by atoms with Crippen LogP contribution in [0.2, 0.25) is 0 Å². The van der Waals surface area contributed by atoms with Crippen molar-refractivity contribution in [2.45, 2.75) is 19.5 Å². The van der Waals surface area contributed by atoms with Gasteiger partial charge in [-0.15, -0.1) is 0 Å². The minimum absolute atomic E-state index is 0.133. The lowest BCUT2D eigenvalue weighted by atomic mass is 10.2. The highest BCUT2D eigenvalue weighted by Crippen LogP contribution is 2.08. The van der Waals surface area contributed by atoms with Crippen LogP contribution in [0.5, 0.6) is 0 Å². The summed E-state index contributed by atoms with van der Waals surface area (Å²) in [5, 5.41) is 1.03. The van der Waals surface area contributed by atoms with Gasteiger partial charge in [-0.25, -0.2) is 9.97 Å². The number of carbonyl (C=O) groups excluding carboxylic acids is 1. The highest BCUT2D eigenvalue weighted by Gasteiger charge is 2.13. The SMILES string of the molecule is CN(Cc1nc2ccccc2c(=O)[nH]1)C(=O)CCn1cnc2ccccc2c1=O. The Hall–Kier alpha value is -3.81. The summed E-state index contributed by atoms with van der Waals surface area (Å²) in [6.45, 7) is 0.394. The van der Waals surface area contributed by atoms with E-state index in [0.29, 0.717) is 27.6 Å². The van der Waals surface area contributed by atoms with Gasteiger partial charge in [-0.2, -0.15) is 0 Å². The van der Waals surface area contributed by atoms with E-state index in [2.05, 4.69) is 15.0 Å². The van der Waals surface area contributed by atoms with Gasteiger partial charge in [0.2, 0.25) is 5.91 Å². The molecule has 29 heavy (non-hydrogen) atoms. The number of carbonyl (C=O) groups is 1. The summed E-state index contributed by atoms with van der Waals surface area (Å²) in [5.74, 6) is 0.245. The Labute approximate surface area is 165 Å². The van der Waals surface area contributed by atoms with E-state index >= 15 is 0 Å². The average Bonchev–Trinajstić information content (AvgIpc) is 2.73. The molecule has 8 nitrogen and oxygen atoms in total. The van der Waals surface area contributed by atoms with Crippen LogP contribution in [-0.4, -0.2) is 37.4 Å². The molecular weight excluding hydrogens is 370 g/mol. The number of aromatic amines is 1. The van der Waals surface area contributed by atoms with Gasteiger partial charge < -0.3 is 9.88 Å². The Morgan fingerprint density at radius 3 is 2.52 bits per heavy atom. The smallest absolute Gasteiger partial charge is 0.261 e. The third-order valence-corrected chi connectivity index (χ3v) is 4.77. The van der Waals surface area contributed by atoms with Gasteiger partial charge >= 0.3 is 0 Å². The molecule has 0 saturated heterocycles. The Morgan fingerprint density at radius 1 is 1.03 bits per heavy atom. The number of benzene rings is 2. The van der Waals surface area contributed by atoms with Gasteiger partial charge in [0.15, 0.2) is 0 Å². The third-order valence-electron chi connectivity index (χ3n) is 4.77. The second kappa shape index (κ2) is 7.67. The number of para-hydroxylation sites is 2. The molecule has 1 N–H and O–H groups in total. The molecule has 0 fully saturated rings. The molecule has 4 aromatic rings. The maximum Gasteiger partial charge on any atom is 0.261 e. The Balaban J connectivity index is 1.46. The fourth-order valence-electron chi connectivity index (χ4n) is 3.19. The van der Waals surface area contributed by atoms with Crippen LogP contribution in [0.15, 0.2) is 64.4 Å². The summed E-state index contributed by atoms with van der Waals surface area (Å²) >= 11 is 0. The van der Waals surface area contributed by atoms with Crippen molar-refractivity contribution in [3.05, 3.63) is 81.4 Å². The number of rotatable bonds is 5. The minimum Gasteiger partial charge on any atom is -0.338 e. The number of fused-ring (bicyclic) bond motifs is 2. The summed E-state index contributed by atoms with van der Waals surface area (Å²) in [7, 11) is 1.64. The number of H-pyrrole nitrogens is 1. The number of aryl methyl sites for hydroxylation is 1. The van der Waals surface area contributed by atoms with Crippen molar-refractivity contribution < 1.29 is 4.79 Å². The van der Waals surface area contributed by atoms with Gasteiger partial charge in [0.05, 0.1) is 34.7 Å². The molecule has 0 aliphatic rings. The molecule has 0 unspecified atom stereocenters. The molecule has 2 aromatic heterocycles. The lowest BCUT2D eigenvalue weighted by Crippen LogP contribution is -2.30. The van der Waals surface area contributed by atoms with E-state index in [1.807, 2.05) is 12.1 Å². The molecule has 146 valence electrons. The second-order valence-electron chi connectivity index (χ2n) is 6.79. The highest BCUT2D eigenvalue weighted by atomic mass is 16.2. The molecule has 0 saturated carbocycles. The van der Waals surface area contributed by atoms with Crippen molar-refractivity contribution in [2.24, 2.45) is 0 Å². The summed E-state index contributed by atoms with van der Waals surface area (Å²) in [5.41, 5.74) is 0.802. The monoisotopic (exact) mass is 389 g/mol. The Bertz CT molecular complexity index is 1330. The highest BCUT2D eigenvalue weighted by molar-refractivity contribution is 5.78. The molecule has 0 spiro atoms. The number of nitrogens with one attached hydrogen (secondary N) is 1. The van der Waals surface area contributed by atoms with Crippen molar-refractivity contribution in [3.63, 3.8) is 0 Å². The fourth-order valence-corrected chi connectivity index (χ4v) is 3.19. The molecule has 0 aliphatic carbocycles. The van der Waals surface area contributed by atoms with Gasteiger partial charge in [-0.3, -0.25) is 19.0 Å². The zero-order valence-electron chi connectivity index (χ0n) is 15.8. The van der Waals surface area contributed by atoms with Crippen LogP contribution in [0.1, 0.15) is 12.2 Å². The van der Waals surface area contributed by atoms with E-state index in [4.69, 9.17) is 0 Å².